The van der Waals surface area contributed by atoms with Crippen LogP contribution in [0, 0.1) is 0 Å². The van der Waals surface area contributed by atoms with E-state index in [0.29, 0.717) is 11.8 Å². The van der Waals surface area contributed by atoms with Crippen molar-refractivity contribution in [1.82, 2.24) is 10.2 Å². The highest BCUT2D eigenvalue weighted by atomic mass is 16.4. The zero-order valence-corrected chi connectivity index (χ0v) is 43.5. The van der Waals surface area contributed by atoms with Crippen LogP contribution < -0.4 is 0 Å². The van der Waals surface area contributed by atoms with E-state index in [-0.39, 0.29) is 10.8 Å². The summed E-state index contributed by atoms with van der Waals surface area (Å²) in [6, 6.07) is 48.3. The lowest BCUT2D eigenvalue weighted by molar-refractivity contribution is 0.518. The number of unbranched alkanes of at least 4 members (excludes halogenated alkanes) is 10. The normalized spacial score (nSPS) is 14.9. The Morgan fingerprint density at radius 1 is 0.387 bits per heavy atom. The summed E-state index contributed by atoms with van der Waals surface area (Å²) < 4.78 is 6.37. The Bertz CT molecular complexity index is 3470. The molecule has 0 saturated heterocycles. The van der Waals surface area contributed by atoms with Gasteiger partial charge in [0.25, 0.3) is 0 Å². The van der Waals surface area contributed by atoms with Crippen LogP contribution in [0.3, 0.4) is 0 Å². The molecule has 0 amide bonds. The number of fused-ring (bicyclic) bond motifs is 6. The van der Waals surface area contributed by atoms with Gasteiger partial charge in [-0.2, -0.15) is 0 Å². The number of hydrogen-bond acceptors (Lipinski definition) is 3. The van der Waals surface area contributed by atoms with Crippen LogP contribution in [0.15, 0.2) is 232 Å². The minimum absolute atomic E-state index is 0.364. The van der Waals surface area contributed by atoms with Gasteiger partial charge in [-0.1, -0.05) is 211 Å². The molecule has 0 bridgehead atoms. The maximum absolute atomic E-state index is 6.37. The molecule has 2 aliphatic carbocycles. The average molecular weight is 971 g/mol. The Labute approximate surface area is 444 Å². The van der Waals surface area contributed by atoms with Crippen molar-refractivity contribution in [3.63, 3.8) is 0 Å². The Hall–Kier alpha value is -8.70. The predicted molar refractivity (Wildman–Crippen MR) is 307 cm³/mol. The Balaban J connectivity index is 0.974. The maximum Gasteiger partial charge on any atom is 0.248 e. The first-order valence-electron chi connectivity index (χ1n) is 26.8. The van der Waals surface area contributed by atoms with Crippen molar-refractivity contribution < 1.29 is 4.42 Å². The largest absolute Gasteiger partial charge is 0.416 e. The van der Waals surface area contributed by atoms with Gasteiger partial charge in [0.05, 0.1) is 0 Å². The Morgan fingerprint density at radius 3 is 1.17 bits per heavy atom. The van der Waals surface area contributed by atoms with E-state index in [4.69, 9.17) is 4.42 Å². The lowest BCUT2D eigenvalue weighted by Gasteiger charge is -2.28. The van der Waals surface area contributed by atoms with E-state index in [0.717, 1.165) is 59.1 Å². The lowest BCUT2D eigenvalue weighted by Crippen LogP contribution is -2.22. The molecule has 1 heterocycles. The number of aromatic nitrogens is 2. The molecule has 0 aliphatic heterocycles. The van der Waals surface area contributed by atoms with Crippen molar-refractivity contribution in [2.45, 2.75) is 115 Å². The van der Waals surface area contributed by atoms with E-state index in [2.05, 4.69) is 252 Å². The van der Waals surface area contributed by atoms with Crippen LogP contribution in [0.25, 0.3) is 67.4 Å². The molecule has 2 aliphatic rings. The molecule has 1 aromatic heterocycles. The molecule has 0 fully saturated rings. The number of allylic oxidation sites excluding steroid dienone is 2. The average Bonchev–Trinajstić information content (AvgIpc) is 4.16. The van der Waals surface area contributed by atoms with E-state index in [9.17, 15) is 0 Å². The third kappa shape index (κ3) is 11.3. The van der Waals surface area contributed by atoms with E-state index < -0.39 is 0 Å². The zero-order valence-electron chi connectivity index (χ0n) is 43.5. The van der Waals surface area contributed by atoms with Gasteiger partial charge in [0.15, 0.2) is 0 Å². The summed E-state index contributed by atoms with van der Waals surface area (Å²) in [6.07, 6.45) is 21.0. The number of rotatable bonds is 20. The molecule has 0 saturated carbocycles. The molecule has 3 nitrogen and oxygen atoms in total. The van der Waals surface area contributed by atoms with Gasteiger partial charge in [0.1, 0.15) is 0 Å². The van der Waals surface area contributed by atoms with Crippen molar-refractivity contribution in [2.24, 2.45) is 0 Å². The quantitative estimate of drug-likeness (QED) is 0.0564. The molecule has 0 spiro atoms. The predicted octanol–water partition coefficient (Wildman–Crippen LogP) is 19.0. The first kappa shape index (κ1) is 51.2. The first-order valence-corrected chi connectivity index (χ1v) is 26.8. The molecule has 2 unspecified atom stereocenters. The zero-order chi connectivity index (χ0) is 51.7. The second kappa shape index (κ2) is 24.8. The maximum atomic E-state index is 6.37. The van der Waals surface area contributed by atoms with Gasteiger partial charge < -0.3 is 4.42 Å². The van der Waals surface area contributed by atoms with Crippen LogP contribution >= 0.6 is 0 Å². The summed E-state index contributed by atoms with van der Waals surface area (Å²) in [5, 5.41) is 9.04. The minimum atomic E-state index is -0.364. The van der Waals surface area contributed by atoms with Crippen LogP contribution in [0.4, 0.5) is 0 Å². The van der Waals surface area contributed by atoms with Crippen molar-refractivity contribution in [2.75, 3.05) is 0 Å². The molecule has 7 aromatic rings. The minimum Gasteiger partial charge on any atom is -0.416 e. The summed E-state index contributed by atoms with van der Waals surface area (Å²) in [6.45, 7) is 11.7. The molecule has 75 heavy (non-hydrogen) atoms. The van der Waals surface area contributed by atoms with Crippen molar-refractivity contribution in [3.8, 4) is 67.4 Å². The van der Waals surface area contributed by atoms with E-state index in [1.807, 2.05) is 0 Å². The van der Waals surface area contributed by atoms with Gasteiger partial charge in [-0.25, -0.2) is 0 Å². The fourth-order valence-electron chi connectivity index (χ4n) is 11.2. The monoisotopic (exact) mass is 970 g/mol. The van der Waals surface area contributed by atoms with Crippen LogP contribution in [0.5, 0.6) is 0 Å². The summed E-state index contributed by atoms with van der Waals surface area (Å²) in [4.78, 5) is 0. The van der Waals surface area contributed by atoms with Crippen LogP contribution in [-0.2, 0) is 10.8 Å². The van der Waals surface area contributed by atoms with Gasteiger partial charge in [-0.3, -0.25) is 0 Å². The highest BCUT2D eigenvalue weighted by Crippen LogP contribution is 2.55. The molecule has 2 atom stereocenters. The third-order valence-electron chi connectivity index (χ3n) is 14.9. The van der Waals surface area contributed by atoms with Crippen molar-refractivity contribution >= 4 is 0 Å². The first-order chi connectivity index (χ1) is 37.0. The Morgan fingerprint density at radius 2 is 0.747 bits per heavy atom. The smallest absolute Gasteiger partial charge is 0.248 e. The molecule has 9 rings (SSSR count). The Kier molecular flexibility index (Phi) is 16.9. The van der Waals surface area contributed by atoms with Crippen molar-refractivity contribution in [3.05, 3.63) is 250 Å². The fourth-order valence-corrected chi connectivity index (χ4v) is 11.2. The van der Waals surface area contributed by atoms with Crippen LogP contribution in [0.1, 0.15) is 126 Å². The second-order valence-corrected chi connectivity index (χ2v) is 19.6. The molecular formula is C72H62N2O. The highest BCUT2D eigenvalue weighted by molar-refractivity contribution is 5.87. The summed E-state index contributed by atoms with van der Waals surface area (Å²) in [5.74, 6) is 0.946. The molecule has 366 valence electrons. The summed E-state index contributed by atoms with van der Waals surface area (Å²) in [5.41, 5.74) is 50.4. The van der Waals surface area contributed by atoms with Crippen LogP contribution in [-0.4, -0.2) is 10.2 Å². The van der Waals surface area contributed by atoms with Crippen LogP contribution in [0.2, 0.25) is 0 Å². The van der Waals surface area contributed by atoms with Gasteiger partial charge in [-0.15, -0.1) is 10.2 Å². The van der Waals surface area contributed by atoms with Gasteiger partial charge in [-0.05, 0) is 187 Å². The number of benzene rings is 6. The summed E-state index contributed by atoms with van der Waals surface area (Å²) >= 11 is 0. The fraction of sp³-hybridized carbons (Fsp3) is 0.250. The molecular weight excluding hydrogens is 909 g/mol. The van der Waals surface area contributed by atoms with Gasteiger partial charge in [0.2, 0.25) is 11.8 Å². The highest BCUT2D eigenvalue weighted by Gasteiger charge is 2.42. The lowest BCUT2D eigenvalue weighted by atomic mass is 9.73. The standard InChI is InChI=1S/C72H62N2O/c1-5-9-13-17-21-29-49-71(50-30-22-18-14-10-6-2)65-35-27-25-33-61(65)63-47-45-59(53-67(63)71)55-37-41-57(42-38-55)69-73-74-70(75-69)58-43-39-56(40-44-58)60-46-48-64-62-34-26-28-36-66(62)72(68(64)54-60,51-31-23-19-15-11-7-3)52-32-24-20-16-12-8-4/h25-28,33-49,51,53-54H,1,3,6,8,10,12,14,16,18,20,22,24,30,32,50,52H2,2,4H3. The topological polar surface area (TPSA) is 38.9 Å². The number of nitrogens with zero attached hydrogens (tertiary/aromatic N) is 2. The molecule has 0 radical (unpaired) electrons. The van der Waals surface area contributed by atoms with E-state index in [1.54, 1.807) is 0 Å². The summed E-state index contributed by atoms with van der Waals surface area (Å²) in [7, 11) is 0. The van der Waals surface area contributed by atoms with E-state index in [1.165, 1.54) is 109 Å². The molecule has 0 N–H and O–H groups in total. The molecule has 3 heteroatoms. The second-order valence-electron chi connectivity index (χ2n) is 19.6. The van der Waals surface area contributed by atoms with E-state index >= 15 is 0 Å². The number of hydrogen-bond donors (Lipinski definition) is 0. The van der Waals surface area contributed by atoms with Gasteiger partial charge >= 0.3 is 0 Å². The third-order valence-corrected chi connectivity index (χ3v) is 14.9. The molecule has 6 aromatic carbocycles. The van der Waals surface area contributed by atoms with Gasteiger partial charge in [0, 0.05) is 22.0 Å². The van der Waals surface area contributed by atoms with Crippen molar-refractivity contribution in [1.29, 1.82) is 0 Å². The SMILES string of the molecule is C=C=C=C=C=C=C=CC1(CCCCCCCC)c2ccccc2-c2ccc(-c3ccc(-c4nnc(-c5ccc(-c6ccc7c(c6)C(C=C=C=C=C=C=C=C)(CCCCCCCC)c6ccccc6-7)cc5)o4)cc3)cc21.